The Kier molecular flexibility index (Phi) is 3.96. The van der Waals surface area contributed by atoms with Crippen molar-refractivity contribution in [2.24, 2.45) is 5.92 Å². The van der Waals surface area contributed by atoms with Crippen LogP contribution in [0.15, 0.2) is 12.1 Å². The van der Waals surface area contributed by atoms with Gasteiger partial charge < -0.3 is 20.5 Å². The molecule has 110 valence electrons. The molecule has 5 heteroatoms. The van der Waals surface area contributed by atoms with Crippen LogP contribution in [0.25, 0.3) is 0 Å². The van der Waals surface area contributed by atoms with Gasteiger partial charge >= 0.3 is 0 Å². The smallest absolute Gasteiger partial charge is 0.239 e. The Morgan fingerprint density at radius 3 is 3.00 bits per heavy atom. The minimum Gasteiger partial charge on any atom is -0.476 e. The summed E-state index contributed by atoms with van der Waals surface area (Å²) < 4.78 is 11.4. The van der Waals surface area contributed by atoms with Crippen molar-refractivity contribution in [1.29, 1.82) is 0 Å². The van der Waals surface area contributed by atoms with Crippen LogP contribution in [0.1, 0.15) is 32.6 Å². The van der Waals surface area contributed by atoms with Crippen molar-refractivity contribution in [3.63, 3.8) is 0 Å². The molecule has 2 aliphatic rings. The summed E-state index contributed by atoms with van der Waals surface area (Å²) in [6, 6.07) is 4.12. The maximum absolute atomic E-state index is 5.88. The van der Waals surface area contributed by atoms with E-state index < -0.39 is 0 Å². The zero-order chi connectivity index (χ0) is 13.9. The van der Waals surface area contributed by atoms with Gasteiger partial charge in [0.15, 0.2) is 0 Å². The molecule has 3 N–H and O–H groups in total. The van der Waals surface area contributed by atoms with Gasteiger partial charge in [-0.05, 0) is 43.7 Å². The van der Waals surface area contributed by atoms with Crippen molar-refractivity contribution in [1.82, 2.24) is 4.98 Å². The number of rotatable bonds is 6. The summed E-state index contributed by atoms with van der Waals surface area (Å²) >= 11 is 0. The van der Waals surface area contributed by atoms with Gasteiger partial charge in [0.05, 0.1) is 24.4 Å². The van der Waals surface area contributed by atoms with Gasteiger partial charge in [0.25, 0.3) is 0 Å². The van der Waals surface area contributed by atoms with E-state index in [-0.39, 0.29) is 0 Å². The Labute approximate surface area is 119 Å². The molecule has 1 aliphatic carbocycles. The van der Waals surface area contributed by atoms with E-state index in [0.717, 1.165) is 31.2 Å². The average Bonchev–Trinajstić information content (AvgIpc) is 3.20. The molecule has 0 aromatic carbocycles. The number of pyridine rings is 1. The van der Waals surface area contributed by atoms with Gasteiger partial charge in [-0.3, -0.25) is 0 Å². The first-order chi connectivity index (χ1) is 9.78. The first-order valence-electron chi connectivity index (χ1n) is 7.55. The summed E-state index contributed by atoms with van der Waals surface area (Å²) in [4.78, 5) is 4.47. The average molecular weight is 277 g/mol. The highest BCUT2D eigenvalue weighted by molar-refractivity contribution is 5.54. The van der Waals surface area contributed by atoms with Gasteiger partial charge in [0.2, 0.25) is 5.88 Å². The molecule has 1 saturated carbocycles. The highest BCUT2D eigenvalue weighted by Gasteiger charge is 2.40. The first kappa shape index (κ1) is 13.5. The summed E-state index contributed by atoms with van der Waals surface area (Å²) in [5, 5.41) is 3.48. The molecule has 2 fully saturated rings. The first-order valence-corrected chi connectivity index (χ1v) is 7.55. The Hall–Kier alpha value is -1.49. The predicted molar refractivity (Wildman–Crippen MR) is 78.9 cm³/mol. The van der Waals surface area contributed by atoms with Gasteiger partial charge in [-0.1, -0.05) is 6.92 Å². The Morgan fingerprint density at radius 2 is 2.25 bits per heavy atom. The quantitative estimate of drug-likeness (QED) is 0.835. The van der Waals surface area contributed by atoms with Crippen LogP contribution in [0.4, 0.5) is 11.5 Å². The molecule has 2 atom stereocenters. The van der Waals surface area contributed by atoms with Gasteiger partial charge in [0.1, 0.15) is 5.82 Å². The van der Waals surface area contributed by atoms with Gasteiger partial charge in [-0.25, -0.2) is 0 Å². The second-order valence-corrected chi connectivity index (χ2v) is 5.65. The van der Waals surface area contributed by atoms with Crippen LogP contribution >= 0.6 is 0 Å². The molecule has 0 bridgehead atoms. The maximum atomic E-state index is 5.88. The van der Waals surface area contributed by atoms with E-state index in [9.17, 15) is 0 Å². The van der Waals surface area contributed by atoms with Gasteiger partial charge in [-0.15, -0.1) is 0 Å². The molecule has 2 unspecified atom stereocenters. The van der Waals surface area contributed by atoms with Crippen LogP contribution in [-0.4, -0.2) is 30.3 Å². The number of hydrogen-bond acceptors (Lipinski definition) is 5. The number of nitrogen functional groups attached to an aromatic ring is 1. The molecule has 1 aromatic heterocycles. The molecule has 20 heavy (non-hydrogen) atoms. The van der Waals surface area contributed by atoms with Crippen molar-refractivity contribution in [3.8, 4) is 5.88 Å². The molecule has 0 radical (unpaired) electrons. The van der Waals surface area contributed by atoms with E-state index in [1.54, 1.807) is 0 Å². The van der Waals surface area contributed by atoms with Crippen LogP contribution < -0.4 is 15.8 Å². The number of hydrogen-bond donors (Lipinski definition) is 2. The zero-order valence-corrected chi connectivity index (χ0v) is 12.0. The summed E-state index contributed by atoms with van der Waals surface area (Å²) in [6.45, 7) is 3.54. The van der Waals surface area contributed by atoms with E-state index in [1.165, 1.54) is 12.8 Å². The standard InChI is InChI=1S/C15H23N3O2/c1-2-8-20-15-11(16)5-6-13(18-15)17-12-7-9-19-14(12)10-3-4-10/h5-6,10,12,14H,2-4,7-9,16H2,1H3,(H,17,18). The van der Waals surface area contributed by atoms with E-state index in [0.29, 0.717) is 30.3 Å². The fraction of sp³-hybridized carbons (Fsp3) is 0.667. The Bertz CT molecular complexity index is 462. The van der Waals surface area contributed by atoms with E-state index in [1.807, 2.05) is 12.1 Å². The fourth-order valence-corrected chi connectivity index (χ4v) is 2.69. The zero-order valence-electron chi connectivity index (χ0n) is 12.0. The lowest BCUT2D eigenvalue weighted by Gasteiger charge is -2.20. The molecule has 1 saturated heterocycles. The summed E-state index contributed by atoms with van der Waals surface area (Å²) in [6.07, 6.45) is 4.91. The lowest BCUT2D eigenvalue weighted by atomic mass is 10.1. The minimum atomic E-state index is 0.342. The summed E-state index contributed by atoms with van der Waals surface area (Å²) in [5.41, 5.74) is 6.47. The van der Waals surface area contributed by atoms with Crippen molar-refractivity contribution >= 4 is 11.5 Å². The number of ether oxygens (including phenoxy) is 2. The third kappa shape index (κ3) is 2.98. The second-order valence-electron chi connectivity index (χ2n) is 5.65. The van der Waals surface area contributed by atoms with Gasteiger partial charge in [-0.2, -0.15) is 4.98 Å². The number of nitrogens with zero attached hydrogens (tertiary/aromatic N) is 1. The van der Waals surface area contributed by atoms with Crippen molar-refractivity contribution in [3.05, 3.63) is 12.1 Å². The summed E-state index contributed by atoms with van der Waals surface area (Å²) in [7, 11) is 0. The highest BCUT2D eigenvalue weighted by Crippen LogP contribution is 2.39. The van der Waals surface area contributed by atoms with Crippen molar-refractivity contribution in [2.45, 2.75) is 44.8 Å². The SMILES string of the molecule is CCCOc1nc(NC2CCOC2C2CC2)ccc1N. The van der Waals surface area contributed by atoms with Gasteiger partial charge in [0, 0.05) is 6.61 Å². The monoisotopic (exact) mass is 277 g/mol. The minimum absolute atomic E-state index is 0.342. The largest absolute Gasteiger partial charge is 0.476 e. The van der Waals surface area contributed by atoms with E-state index in [2.05, 4.69) is 17.2 Å². The highest BCUT2D eigenvalue weighted by atomic mass is 16.5. The van der Waals surface area contributed by atoms with Crippen molar-refractivity contribution < 1.29 is 9.47 Å². The Balaban J connectivity index is 1.67. The van der Waals surface area contributed by atoms with Crippen LogP contribution in [0.3, 0.4) is 0 Å². The van der Waals surface area contributed by atoms with Crippen LogP contribution in [0, 0.1) is 5.92 Å². The van der Waals surface area contributed by atoms with Crippen LogP contribution in [0.5, 0.6) is 5.88 Å². The number of nitrogens with one attached hydrogen (secondary N) is 1. The number of aromatic nitrogens is 1. The lowest BCUT2D eigenvalue weighted by molar-refractivity contribution is 0.0898. The maximum Gasteiger partial charge on any atom is 0.239 e. The molecule has 0 amide bonds. The second kappa shape index (κ2) is 5.87. The fourth-order valence-electron chi connectivity index (χ4n) is 2.69. The van der Waals surface area contributed by atoms with E-state index >= 15 is 0 Å². The number of nitrogens with two attached hydrogens (primary N) is 1. The number of anilines is 2. The van der Waals surface area contributed by atoms with Crippen molar-refractivity contribution in [2.75, 3.05) is 24.3 Å². The summed E-state index contributed by atoms with van der Waals surface area (Å²) in [5.74, 6) is 2.09. The molecule has 1 aliphatic heterocycles. The molecule has 0 spiro atoms. The van der Waals surface area contributed by atoms with Crippen LogP contribution in [0.2, 0.25) is 0 Å². The third-order valence-corrected chi connectivity index (χ3v) is 3.89. The molecular weight excluding hydrogens is 254 g/mol. The predicted octanol–water partition coefficient (Wildman–Crippen LogP) is 2.43. The molecule has 1 aromatic rings. The Morgan fingerprint density at radius 1 is 1.40 bits per heavy atom. The normalized spacial score (nSPS) is 25.6. The van der Waals surface area contributed by atoms with E-state index in [4.69, 9.17) is 15.2 Å². The molecule has 2 heterocycles. The molecule has 5 nitrogen and oxygen atoms in total. The third-order valence-electron chi connectivity index (χ3n) is 3.89. The van der Waals surface area contributed by atoms with Crippen LogP contribution in [-0.2, 0) is 4.74 Å². The topological polar surface area (TPSA) is 69.4 Å². The molecular formula is C15H23N3O2. The molecule has 3 rings (SSSR count). The lowest BCUT2D eigenvalue weighted by Crippen LogP contribution is -2.31.